The molecule has 104 valence electrons. The molecular weight excluding hydrogens is 306 g/mol. The van der Waals surface area contributed by atoms with E-state index < -0.39 is 0 Å². The average molecular weight is 326 g/mol. The zero-order valence-corrected chi connectivity index (χ0v) is 12.7. The van der Waals surface area contributed by atoms with Crippen molar-refractivity contribution in [3.8, 4) is 0 Å². The fourth-order valence-corrected chi connectivity index (χ4v) is 2.86. The number of hydrogen-bond acceptors (Lipinski definition) is 3. The molecule has 1 aromatic carbocycles. The third-order valence-electron chi connectivity index (χ3n) is 3.57. The molecule has 1 aliphatic rings. The van der Waals surface area contributed by atoms with Gasteiger partial charge in [0.2, 0.25) is 0 Å². The molecule has 0 atom stereocenters. The third kappa shape index (κ3) is 4.21. The fraction of sp³-hybridized carbons (Fsp3) is 0.500. The number of nitrogens with zero attached hydrogens (tertiary/aromatic N) is 1. The van der Waals surface area contributed by atoms with Crippen LogP contribution in [0.2, 0.25) is 0 Å². The second kappa shape index (κ2) is 6.39. The zero-order valence-electron chi connectivity index (χ0n) is 11.2. The highest BCUT2D eigenvalue weighted by molar-refractivity contribution is 9.10. The summed E-state index contributed by atoms with van der Waals surface area (Å²) in [5, 5.41) is 3.00. The normalized spacial score (nSPS) is 17.4. The van der Waals surface area contributed by atoms with E-state index in [0.29, 0.717) is 17.2 Å². The van der Waals surface area contributed by atoms with Gasteiger partial charge in [0.1, 0.15) is 0 Å². The first-order valence-corrected chi connectivity index (χ1v) is 7.36. The van der Waals surface area contributed by atoms with Crippen LogP contribution in [0.4, 0.5) is 5.69 Å². The maximum Gasteiger partial charge on any atom is 0.251 e. The number of piperidine rings is 1. The first kappa shape index (κ1) is 14.3. The molecule has 0 aromatic heterocycles. The Bertz CT molecular complexity index is 436. The van der Waals surface area contributed by atoms with Crippen molar-refractivity contribution >= 4 is 27.5 Å². The van der Waals surface area contributed by atoms with Crippen LogP contribution in [0.1, 0.15) is 23.2 Å². The molecule has 5 heteroatoms. The van der Waals surface area contributed by atoms with Crippen LogP contribution in [-0.2, 0) is 0 Å². The number of carbonyl (C=O) groups excluding carboxylic acids is 1. The minimum Gasteiger partial charge on any atom is -0.399 e. The highest BCUT2D eigenvalue weighted by atomic mass is 79.9. The molecule has 3 N–H and O–H groups in total. The van der Waals surface area contributed by atoms with Gasteiger partial charge in [0, 0.05) is 22.3 Å². The Morgan fingerprint density at radius 3 is 2.74 bits per heavy atom. The van der Waals surface area contributed by atoms with Gasteiger partial charge in [-0.15, -0.1) is 0 Å². The number of amides is 1. The van der Waals surface area contributed by atoms with Crippen LogP contribution in [0.25, 0.3) is 0 Å². The first-order chi connectivity index (χ1) is 9.04. The number of nitrogens with two attached hydrogens (primary N) is 1. The minimum atomic E-state index is -0.0491. The van der Waals surface area contributed by atoms with Crippen LogP contribution in [0.3, 0.4) is 0 Å². The maximum atomic E-state index is 12.1. The zero-order chi connectivity index (χ0) is 13.8. The van der Waals surface area contributed by atoms with Gasteiger partial charge in [-0.1, -0.05) is 15.9 Å². The molecule has 0 saturated carbocycles. The summed E-state index contributed by atoms with van der Waals surface area (Å²) in [6.45, 7) is 2.98. The summed E-state index contributed by atoms with van der Waals surface area (Å²) in [6.07, 6.45) is 2.30. The quantitative estimate of drug-likeness (QED) is 0.837. The van der Waals surface area contributed by atoms with Crippen LogP contribution in [0, 0.1) is 5.92 Å². The van der Waals surface area contributed by atoms with E-state index in [-0.39, 0.29) is 5.91 Å². The van der Waals surface area contributed by atoms with Gasteiger partial charge in [-0.05, 0) is 57.1 Å². The molecule has 2 rings (SSSR count). The van der Waals surface area contributed by atoms with E-state index in [4.69, 9.17) is 5.73 Å². The van der Waals surface area contributed by atoms with Gasteiger partial charge in [0.05, 0.1) is 0 Å². The van der Waals surface area contributed by atoms with Gasteiger partial charge < -0.3 is 16.0 Å². The number of halogens is 1. The Hall–Kier alpha value is -1.07. The van der Waals surface area contributed by atoms with Crippen molar-refractivity contribution in [1.82, 2.24) is 10.2 Å². The van der Waals surface area contributed by atoms with Gasteiger partial charge >= 0.3 is 0 Å². The summed E-state index contributed by atoms with van der Waals surface area (Å²) in [6, 6.07) is 5.28. The Kier molecular flexibility index (Phi) is 4.82. The third-order valence-corrected chi connectivity index (χ3v) is 4.03. The highest BCUT2D eigenvalue weighted by Gasteiger charge is 2.17. The van der Waals surface area contributed by atoms with Crippen molar-refractivity contribution in [2.45, 2.75) is 12.8 Å². The number of carbonyl (C=O) groups is 1. The number of anilines is 1. The lowest BCUT2D eigenvalue weighted by molar-refractivity contribution is 0.0939. The SMILES string of the molecule is CN1CCC(CNC(=O)c2cc(N)cc(Br)c2)CC1. The maximum absolute atomic E-state index is 12.1. The predicted octanol–water partition coefficient (Wildman–Crippen LogP) is 2.10. The average Bonchev–Trinajstić information content (AvgIpc) is 2.36. The van der Waals surface area contributed by atoms with E-state index in [1.54, 1.807) is 18.2 Å². The molecule has 0 aliphatic carbocycles. The minimum absolute atomic E-state index is 0.0491. The van der Waals surface area contributed by atoms with E-state index >= 15 is 0 Å². The summed E-state index contributed by atoms with van der Waals surface area (Å²) >= 11 is 3.35. The summed E-state index contributed by atoms with van der Waals surface area (Å²) in [5.41, 5.74) is 6.94. The summed E-state index contributed by atoms with van der Waals surface area (Å²) in [7, 11) is 2.14. The molecule has 4 nitrogen and oxygen atoms in total. The Labute approximate surface area is 122 Å². The number of nitrogen functional groups attached to an aromatic ring is 1. The summed E-state index contributed by atoms with van der Waals surface area (Å²) in [5.74, 6) is 0.538. The van der Waals surface area contributed by atoms with Crippen LogP contribution in [0.5, 0.6) is 0 Å². The molecule has 0 radical (unpaired) electrons. The monoisotopic (exact) mass is 325 g/mol. The van der Waals surface area contributed by atoms with Crippen molar-refractivity contribution in [1.29, 1.82) is 0 Å². The van der Waals surface area contributed by atoms with E-state index in [0.717, 1.165) is 36.9 Å². The second-order valence-electron chi connectivity index (χ2n) is 5.23. The molecule has 1 amide bonds. The summed E-state index contributed by atoms with van der Waals surface area (Å²) < 4.78 is 0.831. The number of likely N-dealkylation sites (tertiary alicyclic amines) is 1. The van der Waals surface area contributed by atoms with E-state index in [2.05, 4.69) is 33.2 Å². The van der Waals surface area contributed by atoms with Crippen molar-refractivity contribution in [3.63, 3.8) is 0 Å². The number of rotatable bonds is 3. The van der Waals surface area contributed by atoms with E-state index in [1.165, 1.54) is 0 Å². The molecule has 1 aromatic rings. The van der Waals surface area contributed by atoms with E-state index in [9.17, 15) is 4.79 Å². The van der Waals surface area contributed by atoms with Gasteiger partial charge in [-0.2, -0.15) is 0 Å². The van der Waals surface area contributed by atoms with Gasteiger partial charge in [0.25, 0.3) is 5.91 Å². The molecule has 19 heavy (non-hydrogen) atoms. The predicted molar refractivity (Wildman–Crippen MR) is 81.1 cm³/mol. The van der Waals surface area contributed by atoms with Gasteiger partial charge in [-0.25, -0.2) is 0 Å². The van der Waals surface area contributed by atoms with Gasteiger partial charge in [-0.3, -0.25) is 4.79 Å². The molecule has 1 aliphatic heterocycles. The largest absolute Gasteiger partial charge is 0.399 e. The van der Waals surface area contributed by atoms with Crippen molar-refractivity contribution in [2.24, 2.45) is 5.92 Å². The molecule has 0 spiro atoms. The van der Waals surface area contributed by atoms with Crippen LogP contribution < -0.4 is 11.1 Å². The van der Waals surface area contributed by atoms with Crippen molar-refractivity contribution < 1.29 is 4.79 Å². The molecular formula is C14H20BrN3O. The highest BCUT2D eigenvalue weighted by Crippen LogP contribution is 2.18. The lowest BCUT2D eigenvalue weighted by atomic mass is 9.97. The van der Waals surface area contributed by atoms with Crippen LogP contribution in [0.15, 0.2) is 22.7 Å². The van der Waals surface area contributed by atoms with Crippen molar-refractivity contribution in [2.75, 3.05) is 32.4 Å². The number of nitrogens with one attached hydrogen (secondary N) is 1. The molecule has 1 saturated heterocycles. The lowest BCUT2D eigenvalue weighted by Crippen LogP contribution is -2.36. The Morgan fingerprint density at radius 2 is 2.11 bits per heavy atom. The number of benzene rings is 1. The van der Waals surface area contributed by atoms with Gasteiger partial charge in [0.15, 0.2) is 0 Å². The van der Waals surface area contributed by atoms with Crippen LogP contribution >= 0.6 is 15.9 Å². The lowest BCUT2D eigenvalue weighted by Gasteiger charge is -2.28. The van der Waals surface area contributed by atoms with Crippen molar-refractivity contribution in [3.05, 3.63) is 28.2 Å². The second-order valence-corrected chi connectivity index (χ2v) is 6.15. The number of hydrogen-bond donors (Lipinski definition) is 2. The van der Waals surface area contributed by atoms with Crippen LogP contribution in [-0.4, -0.2) is 37.5 Å². The Morgan fingerprint density at radius 1 is 1.42 bits per heavy atom. The molecule has 1 heterocycles. The topological polar surface area (TPSA) is 58.4 Å². The standard InChI is InChI=1S/C14H20BrN3O/c1-18-4-2-10(3-5-18)9-17-14(19)11-6-12(15)8-13(16)7-11/h6-8,10H,2-5,9,16H2,1H3,(H,17,19). The summed E-state index contributed by atoms with van der Waals surface area (Å²) in [4.78, 5) is 14.4. The molecule has 0 unspecified atom stereocenters. The Balaban J connectivity index is 1.87. The van der Waals surface area contributed by atoms with E-state index in [1.807, 2.05) is 0 Å². The smallest absolute Gasteiger partial charge is 0.251 e. The molecule has 1 fully saturated rings. The fourth-order valence-electron chi connectivity index (χ4n) is 2.35. The molecule has 0 bridgehead atoms. The first-order valence-electron chi connectivity index (χ1n) is 6.57.